The number of ether oxygens (including phenoxy) is 1. The van der Waals surface area contributed by atoms with E-state index in [1.807, 2.05) is 78.9 Å². The number of hydrogen-bond donors (Lipinski definition) is 3. The van der Waals surface area contributed by atoms with Crippen LogP contribution in [0.15, 0.2) is 91.3 Å². The van der Waals surface area contributed by atoms with Gasteiger partial charge in [0.25, 0.3) is 0 Å². The Balaban J connectivity index is 1.21. The first-order valence-corrected chi connectivity index (χ1v) is 12.7. The lowest BCUT2D eigenvalue weighted by atomic mass is 9.98. The summed E-state index contributed by atoms with van der Waals surface area (Å²) in [6.07, 6.45) is 2.00. The van der Waals surface area contributed by atoms with Crippen LogP contribution in [-0.2, 0) is 20.9 Å². The van der Waals surface area contributed by atoms with Crippen LogP contribution < -0.4 is 10.6 Å². The van der Waals surface area contributed by atoms with Crippen LogP contribution in [0, 0.1) is 0 Å². The SMILES string of the molecule is O=C(O)CCC(NC(=O)OCC1c2ccccc2-c2ccccc21)C(=O)Nc1cnn(Cc2ccccc2)c1. The molecule has 1 aliphatic rings. The van der Waals surface area contributed by atoms with Gasteiger partial charge in [-0.05, 0) is 34.2 Å². The molecule has 0 bridgehead atoms. The maximum atomic E-state index is 13.0. The lowest BCUT2D eigenvalue weighted by molar-refractivity contribution is -0.137. The van der Waals surface area contributed by atoms with Crippen LogP contribution >= 0.6 is 0 Å². The Kier molecular flexibility index (Phi) is 7.68. The average Bonchev–Trinajstić information content (AvgIpc) is 3.51. The number of hydrogen-bond acceptors (Lipinski definition) is 5. The number of carboxylic acid groups (broad SMARTS) is 1. The molecule has 1 aromatic heterocycles. The van der Waals surface area contributed by atoms with Gasteiger partial charge < -0.3 is 20.5 Å². The van der Waals surface area contributed by atoms with Gasteiger partial charge in [0.2, 0.25) is 5.91 Å². The predicted molar refractivity (Wildman–Crippen MR) is 145 cm³/mol. The van der Waals surface area contributed by atoms with Crippen molar-refractivity contribution in [3.05, 3.63) is 108 Å². The summed E-state index contributed by atoms with van der Waals surface area (Å²) in [4.78, 5) is 37.0. The first-order chi connectivity index (χ1) is 19.0. The third-order valence-electron chi connectivity index (χ3n) is 6.69. The first kappa shape index (κ1) is 25.7. The Hall–Kier alpha value is -4.92. The van der Waals surface area contributed by atoms with Crippen LogP contribution in [0.5, 0.6) is 0 Å². The smallest absolute Gasteiger partial charge is 0.407 e. The van der Waals surface area contributed by atoms with Gasteiger partial charge in [-0.15, -0.1) is 0 Å². The molecule has 0 saturated heterocycles. The molecule has 0 saturated carbocycles. The Morgan fingerprint density at radius 1 is 0.923 bits per heavy atom. The number of alkyl carbamates (subject to hydrolysis) is 1. The van der Waals surface area contributed by atoms with Crippen LogP contribution in [0.3, 0.4) is 0 Å². The van der Waals surface area contributed by atoms with Gasteiger partial charge in [-0.3, -0.25) is 14.3 Å². The largest absolute Gasteiger partial charge is 0.481 e. The average molecular weight is 525 g/mol. The molecule has 1 heterocycles. The third-order valence-corrected chi connectivity index (χ3v) is 6.69. The van der Waals surface area contributed by atoms with E-state index in [0.29, 0.717) is 12.2 Å². The molecular weight excluding hydrogens is 496 g/mol. The molecule has 0 fully saturated rings. The number of aromatic nitrogens is 2. The fourth-order valence-electron chi connectivity index (χ4n) is 4.83. The number of nitrogens with zero attached hydrogens (tertiary/aromatic N) is 2. The van der Waals surface area contributed by atoms with E-state index in [1.165, 1.54) is 6.20 Å². The quantitative estimate of drug-likeness (QED) is 0.278. The molecule has 0 radical (unpaired) electrons. The summed E-state index contributed by atoms with van der Waals surface area (Å²) in [7, 11) is 0. The summed E-state index contributed by atoms with van der Waals surface area (Å²) < 4.78 is 7.23. The molecule has 9 heteroatoms. The molecule has 9 nitrogen and oxygen atoms in total. The zero-order chi connectivity index (χ0) is 27.2. The van der Waals surface area contributed by atoms with Gasteiger partial charge in [-0.2, -0.15) is 5.10 Å². The number of aliphatic carboxylic acids is 1. The van der Waals surface area contributed by atoms with Crippen molar-refractivity contribution in [3.63, 3.8) is 0 Å². The monoisotopic (exact) mass is 524 g/mol. The van der Waals surface area contributed by atoms with Crippen molar-refractivity contribution in [2.75, 3.05) is 11.9 Å². The molecule has 3 N–H and O–H groups in total. The topological polar surface area (TPSA) is 123 Å². The summed E-state index contributed by atoms with van der Waals surface area (Å²) in [5.41, 5.74) is 5.83. The normalized spacial score (nSPS) is 12.7. The lowest BCUT2D eigenvalue weighted by Crippen LogP contribution is -2.44. The molecule has 198 valence electrons. The van der Waals surface area contributed by atoms with Gasteiger partial charge >= 0.3 is 12.1 Å². The zero-order valence-electron chi connectivity index (χ0n) is 21.1. The van der Waals surface area contributed by atoms with Crippen LogP contribution in [0.25, 0.3) is 11.1 Å². The number of anilines is 1. The molecule has 1 aliphatic carbocycles. The number of fused-ring (bicyclic) bond motifs is 3. The molecule has 0 aliphatic heterocycles. The second-order valence-electron chi connectivity index (χ2n) is 9.36. The van der Waals surface area contributed by atoms with Gasteiger partial charge in [0.1, 0.15) is 12.6 Å². The van der Waals surface area contributed by atoms with Crippen molar-refractivity contribution < 1.29 is 24.2 Å². The highest BCUT2D eigenvalue weighted by Gasteiger charge is 2.30. The van der Waals surface area contributed by atoms with Crippen LogP contribution in [0.1, 0.15) is 35.4 Å². The van der Waals surface area contributed by atoms with Crippen molar-refractivity contribution in [2.24, 2.45) is 0 Å². The Morgan fingerprint density at radius 3 is 2.23 bits per heavy atom. The van der Waals surface area contributed by atoms with E-state index in [-0.39, 0.29) is 25.4 Å². The fourth-order valence-corrected chi connectivity index (χ4v) is 4.83. The number of carbonyl (C=O) groups excluding carboxylic acids is 2. The molecule has 0 spiro atoms. The minimum Gasteiger partial charge on any atom is -0.481 e. The van der Waals surface area contributed by atoms with Gasteiger partial charge in [0.15, 0.2) is 0 Å². The zero-order valence-corrected chi connectivity index (χ0v) is 21.1. The van der Waals surface area contributed by atoms with E-state index in [9.17, 15) is 14.4 Å². The fraction of sp³-hybridized carbons (Fsp3) is 0.200. The molecule has 1 atom stereocenters. The van der Waals surface area contributed by atoms with Crippen molar-refractivity contribution >= 4 is 23.7 Å². The standard InChI is InChI=1S/C30H28N4O5/c35-28(36)15-14-27(29(37)32-21-16-31-34(18-21)17-20-8-2-1-3-9-20)33-30(38)39-19-26-24-12-6-4-10-22(24)23-11-5-7-13-25(23)26/h1-13,16,18,26-27H,14-15,17,19H2,(H,32,37)(H,33,38)(H,35,36). The Bertz CT molecular complexity index is 1440. The molecular formula is C30H28N4O5. The highest BCUT2D eigenvalue weighted by Crippen LogP contribution is 2.44. The highest BCUT2D eigenvalue weighted by molar-refractivity contribution is 5.96. The summed E-state index contributed by atoms with van der Waals surface area (Å²) in [5, 5.41) is 18.7. The van der Waals surface area contributed by atoms with Gasteiger partial charge in [-0.25, -0.2) is 4.79 Å². The van der Waals surface area contributed by atoms with E-state index < -0.39 is 24.0 Å². The summed E-state index contributed by atoms with van der Waals surface area (Å²) >= 11 is 0. The van der Waals surface area contributed by atoms with Crippen molar-refractivity contribution in [2.45, 2.75) is 31.3 Å². The first-order valence-electron chi connectivity index (χ1n) is 12.7. The number of benzene rings is 3. The van der Waals surface area contributed by atoms with Gasteiger partial charge in [0, 0.05) is 18.5 Å². The van der Waals surface area contributed by atoms with E-state index in [0.717, 1.165) is 27.8 Å². The number of carbonyl (C=O) groups is 3. The number of nitrogens with one attached hydrogen (secondary N) is 2. The van der Waals surface area contributed by atoms with Crippen molar-refractivity contribution in [1.29, 1.82) is 0 Å². The van der Waals surface area contributed by atoms with Crippen molar-refractivity contribution in [3.8, 4) is 11.1 Å². The second kappa shape index (κ2) is 11.6. The number of carboxylic acids is 1. The second-order valence-corrected chi connectivity index (χ2v) is 9.36. The van der Waals surface area contributed by atoms with Gasteiger partial charge in [-0.1, -0.05) is 78.9 Å². The van der Waals surface area contributed by atoms with E-state index in [4.69, 9.17) is 9.84 Å². The molecule has 4 aromatic rings. The summed E-state index contributed by atoms with van der Waals surface area (Å²) in [6.45, 7) is 0.608. The van der Waals surface area contributed by atoms with E-state index in [1.54, 1.807) is 10.9 Å². The molecule has 5 rings (SSSR count). The number of rotatable bonds is 10. The van der Waals surface area contributed by atoms with Gasteiger partial charge in [0.05, 0.1) is 18.4 Å². The molecule has 2 amide bonds. The Morgan fingerprint density at radius 2 is 1.56 bits per heavy atom. The Labute approximate surface area is 225 Å². The summed E-state index contributed by atoms with van der Waals surface area (Å²) in [5.74, 6) is -1.76. The van der Waals surface area contributed by atoms with Crippen LogP contribution in [-0.4, -0.2) is 45.5 Å². The molecule has 39 heavy (non-hydrogen) atoms. The highest BCUT2D eigenvalue weighted by atomic mass is 16.5. The minimum atomic E-state index is -1.10. The minimum absolute atomic E-state index is 0.0827. The maximum absolute atomic E-state index is 13.0. The third kappa shape index (κ3) is 6.15. The summed E-state index contributed by atoms with van der Waals surface area (Å²) in [6, 6.07) is 24.6. The van der Waals surface area contributed by atoms with Crippen LogP contribution in [0.4, 0.5) is 10.5 Å². The van der Waals surface area contributed by atoms with E-state index >= 15 is 0 Å². The van der Waals surface area contributed by atoms with Crippen LogP contribution in [0.2, 0.25) is 0 Å². The maximum Gasteiger partial charge on any atom is 0.407 e. The van der Waals surface area contributed by atoms with Crippen molar-refractivity contribution in [1.82, 2.24) is 15.1 Å². The van der Waals surface area contributed by atoms with E-state index in [2.05, 4.69) is 15.7 Å². The predicted octanol–water partition coefficient (Wildman–Crippen LogP) is 4.64. The lowest BCUT2D eigenvalue weighted by Gasteiger charge is -2.19. The molecule has 1 unspecified atom stereocenters. The molecule has 3 aromatic carbocycles. The number of amides is 2.